The van der Waals surface area contributed by atoms with Crippen molar-refractivity contribution >= 4 is 23.4 Å². The van der Waals surface area contributed by atoms with Crippen LogP contribution >= 0.6 is 0 Å². The van der Waals surface area contributed by atoms with E-state index in [0.717, 1.165) is 17.7 Å². The molecule has 8 rings (SSSR count). The zero-order chi connectivity index (χ0) is 27.4. The molecule has 4 aliphatic carbocycles. The molecule has 1 aliphatic heterocycles. The van der Waals surface area contributed by atoms with Crippen molar-refractivity contribution < 1.29 is 23.9 Å². The Kier molecular flexibility index (Phi) is 5.95. The molecule has 7 heteroatoms. The van der Waals surface area contributed by atoms with Crippen LogP contribution in [0.15, 0.2) is 91.0 Å². The van der Waals surface area contributed by atoms with Crippen molar-refractivity contribution in [1.82, 2.24) is 4.90 Å². The van der Waals surface area contributed by atoms with Crippen molar-refractivity contribution in [3.05, 3.63) is 96.6 Å². The fourth-order valence-electron chi connectivity index (χ4n) is 7.04. The lowest BCUT2D eigenvalue weighted by atomic mass is 9.63. The van der Waals surface area contributed by atoms with E-state index in [4.69, 9.17) is 9.47 Å². The second-order valence-electron chi connectivity index (χ2n) is 11.2. The SMILES string of the molecule is COc1ccc(Oc2ccc(NC(=O)C(Cc3ccccc3)N3C(=O)C4C5C=CC(C6CC56)C4C3=O)cc2)cc1. The number of carbonyl (C=O) groups is 3. The van der Waals surface area contributed by atoms with Gasteiger partial charge in [-0.15, -0.1) is 0 Å². The van der Waals surface area contributed by atoms with Crippen LogP contribution in [0.4, 0.5) is 5.69 Å². The first-order valence-electron chi connectivity index (χ1n) is 13.8. The van der Waals surface area contributed by atoms with Crippen LogP contribution in [-0.2, 0) is 20.8 Å². The second kappa shape index (κ2) is 9.66. The number of benzene rings is 3. The molecule has 2 bridgehead atoms. The van der Waals surface area contributed by atoms with Crippen molar-refractivity contribution in [2.75, 3.05) is 12.4 Å². The highest BCUT2D eigenvalue weighted by Gasteiger charge is 2.67. The molecule has 7 atom stereocenters. The van der Waals surface area contributed by atoms with Gasteiger partial charge in [0.15, 0.2) is 0 Å². The van der Waals surface area contributed by atoms with Crippen LogP contribution in [0.3, 0.4) is 0 Å². The van der Waals surface area contributed by atoms with Gasteiger partial charge in [-0.25, -0.2) is 0 Å². The molecule has 1 heterocycles. The Balaban J connectivity index is 1.11. The molecule has 0 radical (unpaired) electrons. The number of methoxy groups -OCH3 is 1. The third-order valence-corrected chi connectivity index (χ3v) is 9.00. The van der Waals surface area contributed by atoms with Crippen LogP contribution in [0.1, 0.15) is 12.0 Å². The summed E-state index contributed by atoms with van der Waals surface area (Å²) in [6.45, 7) is 0. The maximum atomic E-state index is 13.8. The molecule has 3 amide bonds. The van der Waals surface area contributed by atoms with E-state index < -0.39 is 6.04 Å². The van der Waals surface area contributed by atoms with E-state index in [2.05, 4.69) is 17.5 Å². The number of hydrogen-bond acceptors (Lipinski definition) is 5. The van der Waals surface area contributed by atoms with Crippen LogP contribution < -0.4 is 14.8 Å². The number of nitrogens with zero attached hydrogens (tertiary/aromatic N) is 1. The van der Waals surface area contributed by atoms with Crippen molar-refractivity contribution in [3.63, 3.8) is 0 Å². The Labute approximate surface area is 232 Å². The fraction of sp³-hybridized carbons (Fsp3) is 0.303. The summed E-state index contributed by atoms with van der Waals surface area (Å²) in [6, 6.07) is 22.9. The Bertz CT molecular complexity index is 1450. The van der Waals surface area contributed by atoms with Crippen LogP contribution in [0.5, 0.6) is 17.2 Å². The van der Waals surface area contributed by atoms with Crippen LogP contribution in [0.2, 0.25) is 0 Å². The Morgan fingerprint density at radius 1 is 0.825 bits per heavy atom. The molecule has 1 saturated heterocycles. The zero-order valence-electron chi connectivity index (χ0n) is 22.1. The van der Waals surface area contributed by atoms with Gasteiger partial charge >= 0.3 is 0 Å². The van der Waals surface area contributed by atoms with E-state index >= 15 is 0 Å². The first-order valence-corrected chi connectivity index (χ1v) is 13.8. The normalized spacial score (nSPS) is 28.1. The summed E-state index contributed by atoms with van der Waals surface area (Å²) >= 11 is 0. The van der Waals surface area contributed by atoms with E-state index in [9.17, 15) is 14.4 Å². The summed E-state index contributed by atoms with van der Waals surface area (Å²) in [4.78, 5) is 42.7. The number of ether oxygens (including phenoxy) is 2. The molecule has 3 aromatic carbocycles. The molecule has 40 heavy (non-hydrogen) atoms. The van der Waals surface area contributed by atoms with Gasteiger partial charge in [0.1, 0.15) is 23.3 Å². The Hall–Kier alpha value is -4.39. The highest BCUT2D eigenvalue weighted by atomic mass is 16.5. The molecule has 3 fully saturated rings. The van der Waals surface area contributed by atoms with Gasteiger partial charge in [-0.3, -0.25) is 19.3 Å². The number of allylic oxidation sites excluding steroid dienone is 2. The second-order valence-corrected chi connectivity index (χ2v) is 11.2. The number of anilines is 1. The van der Waals surface area contributed by atoms with Crippen molar-refractivity contribution in [2.24, 2.45) is 35.5 Å². The summed E-state index contributed by atoms with van der Waals surface area (Å²) in [6.07, 6.45) is 5.66. The van der Waals surface area contributed by atoms with Gasteiger partial charge in [0.25, 0.3) is 0 Å². The van der Waals surface area contributed by atoms with Crippen molar-refractivity contribution in [1.29, 1.82) is 0 Å². The topological polar surface area (TPSA) is 84.9 Å². The monoisotopic (exact) mass is 534 g/mol. The smallest absolute Gasteiger partial charge is 0.248 e. The van der Waals surface area contributed by atoms with Gasteiger partial charge in [0.05, 0.1) is 18.9 Å². The maximum absolute atomic E-state index is 13.8. The third-order valence-electron chi connectivity index (χ3n) is 9.00. The number of nitrogens with one attached hydrogen (secondary N) is 1. The average molecular weight is 535 g/mol. The molecule has 2 saturated carbocycles. The zero-order valence-corrected chi connectivity index (χ0v) is 22.1. The predicted molar refractivity (Wildman–Crippen MR) is 149 cm³/mol. The molecular formula is C33H30N2O5. The third kappa shape index (κ3) is 4.17. The summed E-state index contributed by atoms with van der Waals surface area (Å²) in [5.41, 5.74) is 1.45. The summed E-state index contributed by atoms with van der Waals surface area (Å²) in [7, 11) is 1.61. The molecule has 0 spiro atoms. The molecule has 7 nitrogen and oxygen atoms in total. The average Bonchev–Trinajstić information content (AvgIpc) is 3.77. The van der Waals surface area contributed by atoms with Crippen LogP contribution in [0.25, 0.3) is 0 Å². The number of amides is 3. The lowest BCUT2D eigenvalue weighted by Crippen LogP contribution is -2.49. The Morgan fingerprint density at radius 2 is 1.38 bits per heavy atom. The molecule has 1 N–H and O–H groups in total. The number of rotatable bonds is 8. The summed E-state index contributed by atoms with van der Waals surface area (Å²) in [5.74, 6) is 1.80. The first-order chi connectivity index (χ1) is 19.5. The summed E-state index contributed by atoms with van der Waals surface area (Å²) in [5, 5.41) is 2.95. The molecule has 7 unspecified atom stereocenters. The first kappa shape index (κ1) is 24.6. The predicted octanol–water partition coefficient (Wildman–Crippen LogP) is 5.09. The minimum Gasteiger partial charge on any atom is -0.497 e. The quantitative estimate of drug-likeness (QED) is 0.322. The summed E-state index contributed by atoms with van der Waals surface area (Å²) < 4.78 is 11.1. The van der Waals surface area contributed by atoms with E-state index in [1.54, 1.807) is 31.4 Å². The van der Waals surface area contributed by atoms with Crippen molar-refractivity contribution in [2.45, 2.75) is 18.9 Å². The number of carbonyl (C=O) groups excluding carboxylic acids is 3. The molecule has 202 valence electrons. The fourth-order valence-corrected chi connectivity index (χ4v) is 7.04. The molecule has 3 aromatic rings. The standard InChI is InChI=1S/C33H30N2O5/c1-39-21-11-13-23(14-12-21)40-22-9-7-20(8-10-22)34-31(36)28(17-19-5-3-2-4-6-19)35-32(37)29-24-15-16-25(27-18-26(24)27)30(29)33(35)38/h2-16,24-30H,17-18H2,1H3,(H,34,36). The highest BCUT2D eigenvalue weighted by molar-refractivity contribution is 6.10. The minimum atomic E-state index is -0.932. The van der Waals surface area contributed by atoms with Gasteiger partial charge in [0, 0.05) is 12.1 Å². The lowest BCUT2D eigenvalue weighted by Gasteiger charge is -2.37. The maximum Gasteiger partial charge on any atom is 0.248 e. The highest BCUT2D eigenvalue weighted by Crippen LogP contribution is 2.65. The minimum absolute atomic E-state index is 0.111. The molecule has 5 aliphatic rings. The van der Waals surface area contributed by atoms with Crippen molar-refractivity contribution in [3.8, 4) is 17.2 Å². The van der Waals surface area contributed by atoms with Gasteiger partial charge in [-0.1, -0.05) is 42.5 Å². The van der Waals surface area contributed by atoms with Gasteiger partial charge in [-0.05, 0) is 84.2 Å². The largest absolute Gasteiger partial charge is 0.497 e. The Morgan fingerprint density at radius 3 is 1.95 bits per heavy atom. The van der Waals surface area contributed by atoms with E-state index in [-0.39, 0.29) is 47.8 Å². The number of likely N-dealkylation sites (tertiary alicyclic amines) is 1. The van der Waals surface area contributed by atoms with E-state index in [0.29, 0.717) is 29.0 Å². The van der Waals surface area contributed by atoms with E-state index in [1.165, 1.54) is 4.90 Å². The van der Waals surface area contributed by atoms with Gasteiger partial charge in [0.2, 0.25) is 17.7 Å². The van der Waals surface area contributed by atoms with Crippen LogP contribution in [0, 0.1) is 35.5 Å². The van der Waals surface area contributed by atoms with Gasteiger partial charge in [-0.2, -0.15) is 0 Å². The molecular weight excluding hydrogens is 504 g/mol. The van der Waals surface area contributed by atoms with E-state index in [1.807, 2.05) is 54.6 Å². The number of imide groups is 1. The van der Waals surface area contributed by atoms with Gasteiger partial charge < -0.3 is 14.8 Å². The number of hydrogen-bond donors (Lipinski definition) is 1. The molecule has 0 aromatic heterocycles. The van der Waals surface area contributed by atoms with Crippen LogP contribution in [-0.4, -0.2) is 35.8 Å². The lowest BCUT2D eigenvalue weighted by molar-refractivity contribution is -0.146.